The maximum atomic E-state index is 12.0. The largest absolute Gasteiger partial charge is 0.489 e. The predicted octanol–water partition coefficient (Wildman–Crippen LogP) is 3.24. The molecule has 0 radical (unpaired) electrons. The van der Waals surface area contributed by atoms with Gasteiger partial charge in [0.05, 0.1) is 74.4 Å². The molecule has 4 aliphatic rings. The summed E-state index contributed by atoms with van der Waals surface area (Å²) in [5.41, 5.74) is 4.32. The molecule has 0 aromatic carbocycles. The lowest BCUT2D eigenvalue weighted by Gasteiger charge is -2.34. The van der Waals surface area contributed by atoms with E-state index in [1.165, 1.54) is 0 Å². The minimum absolute atomic E-state index is 0.120. The van der Waals surface area contributed by atoms with Gasteiger partial charge in [0, 0.05) is 64.0 Å². The molecule has 0 unspecified atom stereocenters. The van der Waals surface area contributed by atoms with Crippen molar-refractivity contribution in [2.45, 2.75) is 63.8 Å². The maximum Gasteiger partial charge on any atom is 0.253 e. The van der Waals surface area contributed by atoms with E-state index in [0.717, 1.165) is 86.1 Å². The van der Waals surface area contributed by atoms with Crippen molar-refractivity contribution in [1.29, 1.82) is 0 Å². The second kappa shape index (κ2) is 17.0. The summed E-state index contributed by atoms with van der Waals surface area (Å²) in [5.74, 6) is 4.01. The Hall–Kier alpha value is -5.74. The van der Waals surface area contributed by atoms with Gasteiger partial charge in [0.1, 0.15) is 35.3 Å². The first-order valence-electron chi connectivity index (χ1n) is 18.9. The highest BCUT2D eigenvalue weighted by atomic mass is 16.5. The van der Waals surface area contributed by atoms with Crippen molar-refractivity contribution in [2.24, 2.45) is 0 Å². The smallest absolute Gasteiger partial charge is 0.253 e. The quantitative estimate of drug-likeness (QED) is 0.184. The number of carbonyl (C=O) groups excluding carboxylic acids is 2. The van der Waals surface area contributed by atoms with Crippen LogP contribution >= 0.6 is 0 Å². The first-order valence-corrected chi connectivity index (χ1v) is 18.9. The zero-order chi connectivity index (χ0) is 39.3. The van der Waals surface area contributed by atoms with Crippen LogP contribution in [0.4, 0.5) is 11.6 Å². The number of aliphatic hydroxyl groups excluding tert-OH is 2. The predicted molar refractivity (Wildman–Crippen MR) is 206 cm³/mol. The number of aromatic nitrogens is 4. The molecule has 0 aliphatic carbocycles. The highest BCUT2D eigenvalue weighted by molar-refractivity contribution is 5.99. The number of amides is 2. The van der Waals surface area contributed by atoms with Gasteiger partial charge in [0.15, 0.2) is 0 Å². The van der Waals surface area contributed by atoms with E-state index in [9.17, 15) is 19.8 Å². The second-order valence-electron chi connectivity index (χ2n) is 14.2. The molecule has 2 amide bonds. The zero-order valence-corrected chi connectivity index (χ0v) is 32.0. The maximum absolute atomic E-state index is 12.0. The normalized spacial score (nSPS) is 19.3. The molecule has 2 atom stereocenters. The van der Waals surface area contributed by atoms with Gasteiger partial charge in [-0.05, 0) is 49.2 Å². The van der Waals surface area contributed by atoms with E-state index < -0.39 is 12.1 Å². The third kappa shape index (κ3) is 8.26. The monoisotopic (exact) mass is 768 g/mol. The van der Waals surface area contributed by atoms with Crippen molar-refractivity contribution in [3.05, 3.63) is 82.4 Å². The number of hydrogen-bond acceptors (Lipinski definition) is 14. The lowest BCUT2D eigenvalue weighted by Crippen LogP contribution is -2.39. The number of piperidine rings is 2. The summed E-state index contributed by atoms with van der Waals surface area (Å²) in [6, 6.07) is 10.2. The first kappa shape index (κ1) is 38.5. The fraction of sp³-hybridized carbons (Fsp3) is 0.450. The fourth-order valence-corrected chi connectivity index (χ4v) is 7.51. The van der Waals surface area contributed by atoms with Gasteiger partial charge < -0.3 is 49.6 Å². The van der Waals surface area contributed by atoms with E-state index in [1.54, 1.807) is 38.7 Å². The zero-order valence-electron chi connectivity index (χ0n) is 32.0. The van der Waals surface area contributed by atoms with Crippen LogP contribution in [-0.2, 0) is 0 Å². The summed E-state index contributed by atoms with van der Waals surface area (Å²) >= 11 is 0. The Kier molecular flexibility index (Phi) is 11.7. The summed E-state index contributed by atoms with van der Waals surface area (Å²) in [6.07, 6.45) is 7.06. The Morgan fingerprint density at radius 3 is 1.38 bits per heavy atom. The van der Waals surface area contributed by atoms with Gasteiger partial charge in [-0.2, -0.15) is 0 Å². The van der Waals surface area contributed by atoms with Crippen LogP contribution in [0.15, 0.2) is 48.8 Å². The number of aryl methyl sites for hydroxylation is 2. The standard InChI is InChI=1S/2C20H24N4O4/c2*1-12-9-15-18(16(11-25)22-20(15)26)23-19(12)24-7-5-13(6-8-24)28-14-3-4-17(27-2)21-10-14/h2*3-4,9-10,13,16,25H,5-8,11H2,1-2H3,(H,22,26)/t2*16-/m10/s1. The Labute approximate surface area is 325 Å². The average Bonchev–Trinajstić information content (AvgIpc) is 3.71. The fourth-order valence-electron chi connectivity index (χ4n) is 7.51. The van der Waals surface area contributed by atoms with Gasteiger partial charge in [-0.15, -0.1) is 0 Å². The summed E-state index contributed by atoms with van der Waals surface area (Å²) in [4.78, 5) is 46.3. The third-order valence-corrected chi connectivity index (χ3v) is 10.5. The van der Waals surface area contributed by atoms with Crippen molar-refractivity contribution in [3.63, 3.8) is 0 Å². The van der Waals surface area contributed by atoms with E-state index in [1.807, 2.05) is 38.1 Å². The van der Waals surface area contributed by atoms with Crippen LogP contribution in [0.2, 0.25) is 0 Å². The van der Waals surface area contributed by atoms with Crippen LogP contribution < -0.4 is 39.4 Å². The number of rotatable bonds is 10. The molecular formula is C40H48N8O8. The van der Waals surface area contributed by atoms with E-state index in [4.69, 9.17) is 28.9 Å². The minimum atomic E-state index is -0.426. The number of anilines is 2. The molecular weight excluding hydrogens is 720 g/mol. The van der Waals surface area contributed by atoms with Crippen LogP contribution in [0.5, 0.6) is 23.3 Å². The van der Waals surface area contributed by atoms with E-state index >= 15 is 0 Å². The van der Waals surface area contributed by atoms with Crippen LogP contribution in [0.3, 0.4) is 0 Å². The molecule has 4 N–H and O–H groups in total. The highest BCUT2D eigenvalue weighted by Crippen LogP contribution is 2.33. The molecule has 4 aliphatic heterocycles. The number of nitrogens with zero attached hydrogens (tertiary/aromatic N) is 6. The molecule has 8 heterocycles. The van der Waals surface area contributed by atoms with Gasteiger partial charge in [-0.3, -0.25) is 9.59 Å². The molecule has 56 heavy (non-hydrogen) atoms. The van der Waals surface area contributed by atoms with Gasteiger partial charge in [0.25, 0.3) is 11.8 Å². The molecule has 16 nitrogen and oxygen atoms in total. The van der Waals surface area contributed by atoms with Crippen LogP contribution in [0.25, 0.3) is 0 Å². The second-order valence-corrected chi connectivity index (χ2v) is 14.2. The highest BCUT2D eigenvalue weighted by Gasteiger charge is 2.34. The average molecular weight is 769 g/mol. The Bertz CT molecular complexity index is 1870. The van der Waals surface area contributed by atoms with E-state index in [0.29, 0.717) is 34.3 Å². The van der Waals surface area contributed by atoms with Crippen LogP contribution in [-0.4, -0.2) is 108 Å². The van der Waals surface area contributed by atoms with Crippen molar-refractivity contribution in [1.82, 2.24) is 30.6 Å². The molecule has 8 rings (SSSR count). The third-order valence-electron chi connectivity index (χ3n) is 10.5. The van der Waals surface area contributed by atoms with Gasteiger partial charge in [-0.1, -0.05) is 0 Å². The number of pyridine rings is 4. The molecule has 0 saturated carbocycles. The lowest BCUT2D eigenvalue weighted by molar-refractivity contribution is 0.0935. The van der Waals surface area contributed by atoms with Crippen molar-refractivity contribution < 1.29 is 38.7 Å². The number of carbonyl (C=O) groups is 2. The summed E-state index contributed by atoms with van der Waals surface area (Å²) in [7, 11) is 3.17. The van der Waals surface area contributed by atoms with Gasteiger partial charge in [-0.25, -0.2) is 19.9 Å². The minimum Gasteiger partial charge on any atom is -0.489 e. The molecule has 0 bridgehead atoms. The molecule has 2 saturated heterocycles. The molecule has 0 spiro atoms. The molecule has 4 aromatic rings. The lowest BCUT2D eigenvalue weighted by atomic mass is 10.1. The summed E-state index contributed by atoms with van der Waals surface area (Å²) < 4.78 is 22.2. The van der Waals surface area contributed by atoms with E-state index in [2.05, 4.69) is 30.4 Å². The van der Waals surface area contributed by atoms with Crippen molar-refractivity contribution in [3.8, 4) is 23.3 Å². The number of aliphatic hydroxyl groups is 2. The van der Waals surface area contributed by atoms with Crippen molar-refractivity contribution >= 4 is 23.5 Å². The van der Waals surface area contributed by atoms with Crippen LogP contribution in [0.1, 0.15) is 81.0 Å². The van der Waals surface area contributed by atoms with Crippen LogP contribution in [0, 0.1) is 13.8 Å². The molecule has 4 aromatic heterocycles. The number of nitrogens with one attached hydrogen (secondary N) is 2. The first-order chi connectivity index (χ1) is 27.2. The topological polar surface area (TPSA) is 194 Å². The molecule has 2 fully saturated rings. The number of hydrogen-bond donors (Lipinski definition) is 4. The van der Waals surface area contributed by atoms with E-state index in [-0.39, 0.29) is 37.2 Å². The Morgan fingerprint density at radius 1 is 0.661 bits per heavy atom. The molecule has 16 heteroatoms. The molecule has 296 valence electrons. The van der Waals surface area contributed by atoms with Crippen molar-refractivity contribution in [2.75, 3.05) is 63.4 Å². The Balaban J connectivity index is 0.000000172. The Morgan fingerprint density at radius 2 is 1.05 bits per heavy atom. The SMILES string of the molecule is COc1ccc(OC2CCN(c3nc4c(cc3C)C(=O)N[C@@H]4CO)CC2)cn1.COc1ccc(OC2CCN(c3nc4c(cc3C)C(=O)N[C@H]4CO)CC2)cn1. The number of ether oxygens (including phenoxy) is 4. The summed E-state index contributed by atoms with van der Waals surface area (Å²) in [5, 5.41) is 24.6. The number of fused-ring (bicyclic) bond motifs is 2. The number of methoxy groups -OCH3 is 2. The van der Waals surface area contributed by atoms with Gasteiger partial charge in [0.2, 0.25) is 11.8 Å². The summed E-state index contributed by atoms with van der Waals surface area (Å²) in [6.45, 7) is 6.87. The van der Waals surface area contributed by atoms with Gasteiger partial charge >= 0.3 is 0 Å².